The van der Waals surface area contributed by atoms with Crippen molar-refractivity contribution < 1.29 is 9.53 Å². The smallest absolute Gasteiger partial charge is 0.172 e. The van der Waals surface area contributed by atoms with Gasteiger partial charge in [-0.15, -0.1) is 11.3 Å². The average Bonchev–Trinajstić information content (AvgIpc) is 3.16. The maximum absolute atomic E-state index is 12.0. The summed E-state index contributed by atoms with van der Waals surface area (Å²) in [5.41, 5.74) is 1.18. The molecule has 0 spiro atoms. The first kappa shape index (κ1) is 13.9. The lowest BCUT2D eigenvalue weighted by Crippen LogP contribution is -2.01. The second kappa shape index (κ2) is 6.14. The molecule has 4 heteroatoms. The van der Waals surface area contributed by atoms with Gasteiger partial charge in [0.05, 0.1) is 12.0 Å². The summed E-state index contributed by atoms with van der Waals surface area (Å²) in [4.78, 5) is 12.8. The Bertz CT molecular complexity index is 743. The Morgan fingerprint density at radius 3 is 2.95 bits per heavy atom. The molecule has 108 valence electrons. The molecule has 2 heterocycles. The number of Topliss-reactive ketones (excluding diaryl/α,β-unsaturated/α-hetero) is 1. The van der Waals surface area contributed by atoms with Crippen LogP contribution >= 0.6 is 11.3 Å². The summed E-state index contributed by atoms with van der Waals surface area (Å²) in [6, 6.07) is 12.0. The van der Waals surface area contributed by atoms with Gasteiger partial charge in [-0.25, -0.2) is 0 Å². The molecule has 0 saturated carbocycles. The van der Waals surface area contributed by atoms with Crippen molar-refractivity contribution in [3.8, 4) is 5.75 Å². The number of aryl methyl sites for hydroxylation is 1. The van der Waals surface area contributed by atoms with E-state index in [0.717, 1.165) is 23.6 Å². The summed E-state index contributed by atoms with van der Waals surface area (Å²) in [5, 5.41) is 3.11. The van der Waals surface area contributed by atoms with Gasteiger partial charge < -0.3 is 9.30 Å². The average molecular weight is 299 g/mol. The first-order valence-corrected chi connectivity index (χ1v) is 7.85. The molecule has 3 aromatic rings. The maximum Gasteiger partial charge on any atom is 0.172 e. The van der Waals surface area contributed by atoms with Crippen molar-refractivity contribution in [2.24, 2.45) is 0 Å². The van der Waals surface area contributed by atoms with Crippen LogP contribution in [0.1, 0.15) is 22.5 Å². The number of rotatable bonds is 6. The van der Waals surface area contributed by atoms with Gasteiger partial charge in [-0.3, -0.25) is 4.79 Å². The Labute approximate surface area is 127 Å². The van der Waals surface area contributed by atoms with E-state index in [0.29, 0.717) is 6.42 Å². The number of carbonyl (C=O) groups is 1. The van der Waals surface area contributed by atoms with E-state index in [-0.39, 0.29) is 5.78 Å². The third kappa shape index (κ3) is 3.00. The van der Waals surface area contributed by atoms with E-state index in [1.165, 1.54) is 22.2 Å². The number of fused-ring (bicyclic) bond motifs is 1. The molecule has 0 saturated heterocycles. The first-order valence-electron chi connectivity index (χ1n) is 6.97. The van der Waals surface area contributed by atoms with Crippen LogP contribution in [-0.4, -0.2) is 17.5 Å². The molecule has 1 aromatic carbocycles. The highest BCUT2D eigenvalue weighted by Crippen LogP contribution is 2.22. The maximum atomic E-state index is 12.0. The molecule has 0 aliphatic rings. The fraction of sp³-hybridized carbons (Fsp3) is 0.235. The number of ketones is 1. The molecule has 0 amide bonds. The number of thiophene rings is 1. The number of hydrogen-bond acceptors (Lipinski definition) is 3. The minimum atomic E-state index is 0.239. The highest BCUT2D eigenvalue weighted by atomic mass is 32.1. The second-order valence-corrected chi connectivity index (χ2v) is 5.89. The molecule has 0 unspecified atom stereocenters. The Kier molecular flexibility index (Phi) is 4.06. The van der Waals surface area contributed by atoms with Crippen LogP contribution < -0.4 is 4.74 Å². The second-order valence-electron chi connectivity index (χ2n) is 4.94. The van der Waals surface area contributed by atoms with Gasteiger partial charge in [0.15, 0.2) is 5.78 Å². The predicted molar refractivity (Wildman–Crippen MR) is 86.4 cm³/mol. The third-order valence-corrected chi connectivity index (χ3v) is 4.49. The van der Waals surface area contributed by atoms with Crippen LogP contribution in [0.5, 0.6) is 5.75 Å². The van der Waals surface area contributed by atoms with Crippen molar-refractivity contribution in [2.75, 3.05) is 7.11 Å². The zero-order valence-electron chi connectivity index (χ0n) is 11.9. The molecule has 0 N–H and O–H groups in total. The van der Waals surface area contributed by atoms with E-state index in [4.69, 9.17) is 4.74 Å². The summed E-state index contributed by atoms with van der Waals surface area (Å²) in [7, 11) is 1.67. The molecule has 0 bridgehead atoms. The van der Waals surface area contributed by atoms with E-state index in [9.17, 15) is 4.79 Å². The SMILES string of the molecule is COc1ccc2c(ccn2CCCC(=O)c2cccs2)c1. The number of hydrogen-bond donors (Lipinski definition) is 0. The zero-order chi connectivity index (χ0) is 14.7. The van der Waals surface area contributed by atoms with Crippen molar-refractivity contribution in [2.45, 2.75) is 19.4 Å². The quantitative estimate of drug-likeness (QED) is 0.633. The van der Waals surface area contributed by atoms with Crippen molar-refractivity contribution in [1.82, 2.24) is 4.57 Å². The molecule has 0 aliphatic heterocycles. The largest absolute Gasteiger partial charge is 0.497 e. The molecule has 3 nitrogen and oxygen atoms in total. The van der Waals surface area contributed by atoms with Crippen molar-refractivity contribution in [3.63, 3.8) is 0 Å². The van der Waals surface area contributed by atoms with Crippen molar-refractivity contribution in [3.05, 3.63) is 52.9 Å². The van der Waals surface area contributed by atoms with Gasteiger partial charge in [0, 0.05) is 30.1 Å². The molecular formula is C17H17NO2S. The summed E-state index contributed by atoms with van der Waals surface area (Å²) in [6.45, 7) is 0.854. The fourth-order valence-electron chi connectivity index (χ4n) is 2.47. The van der Waals surface area contributed by atoms with Crippen molar-refractivity contribution >= 4 is 28.0 Å². The van der Waals surface area contributed by atoms with Gasteiger partial charge in [-0.1, -0.05) is 6.07 Å². The van der Waals surface area contributed by atoms with Crippen LogP contribution in [0.4, 0.5) is 0 Å². The van der Waals surface area contributed by atoms with Gasteiger partial charge in [-0.2, -0.15) is 0 Å². The van der Waals surface area contributed by atoms with Crippen molar-refractivity contribution in [1.29, 1.82) is 0 Å². The highest BCUT2D eigenvalue weighted by Gasteiger charge is 2.07. The normalized spacial score (nSPS) is 10.9. The van der Waals surface area contributed by atoms with Gasteiger partial charge >= 0.3 is 0 Å². The van der Waals surface area contributed by atoms with Gasteiger partial charge in [-0.05, 0) is 42.1 Å². The standard InChI is InChI=1S/C17H17NO2S/c1-20-14-6-7-15-13(12-14)8-10-18(15)9-2-4-16(19)17-5-3-11-21-17/h3,5-8,10-12H,2,4,9H2,1H3. The van der Waals surface area contributed by atoms with E-state index in [2.05, 4.69) is 22.9 Å². The van der Waals surface area contributed by atoms with Crippen LogP contribution in [-0.2, 0) is 6.54 Å². The lowest BCUT2D eigenvalue weighted by Gasteiger charge is -2.06. The Morgan fingerprint density at radius 1 is 1.29 bits per heavy atom. The van der Waals surface area contributed by atoms with Crippen LogP contribution in [0.25, 0.3) is 10.9 Å². The Hall–Kier alpha value is -2.07. The Morgan fingerprint density at radius 2 is 2.19 bits per heavy atom. The third-order valence-electron chi connectivity index (χ3n) is 3.58. The molecule has 0 radical (unpaired) electrons. The highest BCUT2D eigenvalue weighted by molar-refractivity contribution is 7.12. The number of carbonyl (C=O) groups excluding carboxylic acids is 1. The number of aromatic nitrogens is 1. The molecule has 0 aliphatic carbocycles. The molecular weight excluding hydrogens is 282 g/mol. The van der Waals surface area contributed by atoms with E-state index < -0.39 is 0 Å². The van der Waals surface area contributed by atoms with E-state index in [1.54, 1.807) is 7.11 Å². The lowest BCUT2D eigenvalue weighted by atomic mass is 10.2. The Balaban J connectivity index is 1.64. The minimum absolute atomic E-state index is 0.239. The summed E-state index contributed by atoms with van der Waals surface area (Å²) >= 11 is 1.52. The number of benzene rings is 1. The number of methoxy groups -OCH3 is 1. The summed E-state index contributed by atoms with van der Waals surface area (Å²) in [6.07, 6.45) is 3.52. The fourth-order valence-corrected chi connectivity index (χ4v) is 3.16. The molecule has 0 fully saturated rings. The minimum Gasteiger partial charge on any atom is -0.497 e. The molecule has 0 atom stereocenters. The van der Waals surface area contributed by atoms with Gasteiger partial charge in [0.2, 0.25) is 0 Å². The predicted octanol–water partition coefficient (Wildman–Crippen LogP) is 4.37. The number of nitrogens with zero attached hydrogens (tertiary/aromatic N) is 1. The molecule has 21 heavy (non-hydrogen) atoms. The van der Waals surface area contributed by atoms with E-state index >= 15 is 0 Å². The molecule has 3 rings (SSSR count). The zero-order valence-corrected chi connectivity index (χ0v) is 12.7. The van der Waals surface area contributed by atoms with Crippen LogP contribution in [0.3, 0.4) is 0 Å². The summed E-state index contributed by atoms with van der Waals surface area (Å²) in [5.74, 6) is 1.11. The van der Waals surface area contributed by atoms with E-state index in [1.807, 2.05) is 29.6 Å². The van der Waals surface area contributed by atoms with Crippen LogP contribution in [0, 0.1) is 0 Å². The topological polar surface area (TPSA) is 31.2 Å². The lowest BCUT2D eigenvalue weighted by molar-refractivity contribution is 0.0982. The molecule has 2 aromatic heterocycles. The number of ether oxygens (including phenoxy) is 1. The van der Waals surface area contributed by atoms with Crippen LogP contribution in [0.2, 0.25) is 0 Å². The monoisotopic (exact) mass is 299 g/mol. The van der Waals surface area contributed by atoms with Crippen LogP contribution in [0.15, 0.2) is 48.0 Å². The van der Waals surface area contributed by atoms with Gasteiger partial charge in [0.1, 0.15) is 5.75 Å². The summed E-state index contributed by atoms with van der Waals surface area (Å²) < 4.78 is 7.42. The van der Waals surface area contributed by atoms with Gasteiger partial charge in [0.25, 0.3) is 0 Å². The first-order chi connectivity index (χ1) is 10.3.